The number of rotatable bonds is 6. The monoisotopic (exact) mass is 331 g/mol. The number of hydrogen-bond donors (Lipinski definition) is 1. The lowest BCUT2D eigenvalue weighted by Gasteiger charge is -2.31. The number of nitrogens with zero attached hydrogens (tertiary/aromatic N) is 2. The molecule has 0 saturated carbocycles. The second-order valence-corrected chi connectivity index (χ2v) is 5.90. The molecular formula is C18H25N3O3. The van der Waals surface area contributed by atoms with E-state index in [1.165, 1.54) is 7.11 Å². The van der Waals surface area contributed by atoms with Crippen molar-refractivity contribution in [3.63, 3.8) is 0 Å². The third-order valence-electron chi connectivity index (χ3n) is 4.17. The summed E-state index contributed by atoms with van der Waals surface area (Å²) in [6.07, 6.45) is 3.97. The lowest BCUT2D eigenvalue weighted by atomic mass is 9.95. The van der Waals surface area contributed by atoms with Gasteiger partial charge in [0.2, 0.25) is 5.91 Å². The maximum absolute atomic E-state index is 12.5. The molecule has 1 heterocycles. The van der Waals surface area contributed by atoms with E-state index in [1.807, 2.05) is 24.0 Å². The van der Waals surface area contributed by atoms with Gasteiger partial charge in [-0.1, -0.05) is 24.2 Å². The zero-order valence-electron chi connectivity index (χ0n) is 14.3. The summed E-state index contributed by atoms with van der Waals surface area (Å²) in [5, 5.41) is 6.63. The number of oxime groups is 1. The van der Waals surface area contributed by atoms with E-state index in [-0.39, 0.29) is 17.7 Å². The fraction of sp³-hybridized carbons (Fsp3) is 0.500. The summed E-state index contributed by atoms with van der Waals surface area (Å²) in [4.78, 5) is 31.0. The zero-order valence-corrected chi connectivity index (χ0v) is 14.3. The Hall–Kier alpha value is -2.37. The van der Waals surface area contributed by atoms with Gasteiger partial charge >= 0.3 is 0 Å². The molecule has 0 spiro atoms. The zero-order chi connectivity index (χ0) is 17.4. The molecule has 1 aliphatic rings. The molecule has 130 valence electrons. The van der Waals surface area contributed by atoms with Crippen LogP contribution in [0.5, 0.6) is 0 Å². The first-order chi connectivity index (χ1) is 11.7. The topological polar surface area (TPSA) is 71.0 Å². The summed E-state index contributed by atoms with van der Waals surface area (Å²) >= 11 is 0. The Bertz CT molecular complexity index is 576. The van der Waals surface area contributed by atoms with Crippen LogP contribution in [0.4, 0.5) is 0 Å². The van der Waals surface area contributed by atoms with E-state index in [0.717, 1.165) is 31.4 Å². The molecule has 1 aromatic rings. The molecule has 0 bridgehead atoms. The minimum absolute atomic E-state index is 0.0117. The Labute approximate surface area is 142 Å². The molecule has 1 saturated heterocycles. The van der Waals surface area contributed by atoms with Crippen molar-refractivity contribution in [3.05, 3.63) is 35.4 Å². The fourth-order valence-corrected chi connectivity index (χ4v) is 2.75. The molecule has 1 fully saturated rings. The summed E-state index contributed by atoms with van der Waals surface area (Å²) < 4.78 is 0. The van der Waals surface area contributed by atoms with E-state index in [2.05, 4.69) is 15.3 Å². The van der Waals surface area contributed by atoms with E-state index >= 15 is 0 Å². The van der Waals surface area contributed by atoms with E-state index < -0.39 is 0 Å². The first-order valence-electron chi connectivity index (χ1n) is 8.39. The second-order valence-electron chi connectivity index (χ2n) is 5.90. The molecule has 0 radical (unpaired) electrons. The first kappa shape index (κ1) is 18.0. The maximum Gasteiger partial charge on any atom is 0.253 e. The highest BCUT2D eigenvalue weighted by Crippen LogP contribution is 2.19. The van der Waals surface area contributed by atoms with Gasteiger partial charge in [0.1, 0.15) is 7.11 Å². The highest BCUT2D eigenvalue weighted by Gasteiger charge is 2.27. The van der Waals surface area contributed by atoms with Crippen LogP contribution < -0.4 is 5.32 Å². The third-order valence-corrected chi connectivity index (χ3v) is 4.17. The SMILES string of the molecule is CCCNC(=O)C1CCN(C(=O)c2ccc(/C=N/OC)cc2)CC1. The molecule has 2 rings (SSSR count). The lowest BCUT2D eigenvalue weighted by molar-refractivity contribution is -0.126. The van der Waals surface area contributed by atoms with Crippen molar-refractivity contribution >= 4 is 18.0 Å². The molecular weight excluding hydrogens is 306 g/mol. The fourth-order valence-electron chi connectivity index (χ4n) is 2.75. The predicted octanol–water partition coefficient (Wildman–Crippen LogP) is 2.05. The van der Waals surface area contributed by atoms with Gasteiger partial charge in [-0.3, -0.25) is 9.59 Å². The average Bonchev–Trinajstić information content (AvgIpc) is 2.64. The predicted molar refractivity (Wildman–Crippen MR) is 93.0 cm³/mol. The Morgan fingerprint density at radius 1 is 1.29 bits per heavy atom. The molecule has 0 aromatic heterocycles. The van der Waals surface area contributed by atoms with Gasteiger partial charge in [-0.25, -0.2) is 0 Å². The Morgan fingerprint density at radius 2 is 1.96 bits per heavy atom. The summed E-state index contributed by atoms with van der Waals surface area (Å²) in [6.45, 7) is 4.00. The van der Waals surface area contributed by atoms with Crippen LogP contribution in [-0.2, 0) is 9.63 Å². The van der Waals surface area contributed by atoms with Crippen LogP contribution in [0.1, 0.15) is 42.1 Å². The van der Waals surface area contributed by atoms with E-state index in [9.17, 15) is 9.59 Å². The molecule has 1 N–H and O–H groups in total. The van der Waals surface area contributed by atoms with Crippen LogP contribution in [0.25, 0.3) is 0 Å². The van der Waals surface area contributed by atoms with Gasteiger partial charge in [0.25, 0.3) is 5.91 Å². The summed E-state index contributed by atoms with van der Waals surface area (Å²) in [7, 11) is 1.49. The minimum Gasteiger partial charge on any atom is -0.399 e. The van der Waals surface area contributed by atoms with Gasteiger partial charge in [-0.15, -0.1) is 0 Å². The van der Waals surface area contributed by atoms with Gasteiger partial charge in [-0.05, 0) is 37.0 Å². The molecule has 2 amide bonds. The molecule has 0 aliphatic carbocycles. The van der Waals surface area contributed by atoms with Crippen molar-refractivity contribution < 1.29 is 14.4 Å². The molecule has 6 heteroatoms. The van der Waals surface area contributed by atoms with Crippen LogP contribution in [0.15, 0.2) is 29.4 Å². The van der Waals surface area contributed by atoms with E-state index in [4.69, 9.17) is 0 Å². The number of carbonyl (C=O) groups excluding carboxylic acids is 2. The Morgan fingerprint density at radius 3 is 2.54 bits per heavy atom. The van der Waals surface area contributed by atoms with E-state index in [0.29, 0.717) is 18.7 Å². The first-order valence-corrected chi connectivity index (χ1v) is 8.39. The van der Waals surface area contributed by atoms with Gasteiger partial charge in [0.15, 0.2) is 0 Å². The standard InChI is InChI=1S/C18H25N3O3/c1-3-10-19-17(22)15-8-11-21(12-9-15)18(23)16-6-4-14(5-7-16)13-20-24-2/h4-7,13,15H,3,8-12H2,1-2H3,(H,19,22)/b20-13+. The number of piperidine rings is 1. The summed E-state index contributed by atoms with van der Waals surface area (Å²) in [6, 6.07) is 7.25. The molecule has 1 aliphatic heterocycles. The minimum atomic E-state index is 0.0117. The smallest absolute Gasteiger partial charge is 0.253 e. The summed E-state index contributed by atoms with van der Waals surface area (Å²) in [5.41, 5.74) is 1.53. The number of amides is 2. The maximum atomic E-state index is 12.5. The largest absolute Gasteiger partial charge is 0.399 e. The van der Waals surface area contributed by atoms with Crippen molar-refractivity contribution in [2.75, 3.05) is 26.7 Å². The van der Waals surface area contributed by atoms with Crippen molar-refractivity contribution in [3.8, 4) is 0 Å². The number of likely N-dealkylation sites (tertiary alicyclic amines) is 1. The van der Waals surface area contributed by atoms with E-state index in [1.54, 1.807) is 18.3 Å². The Kier molecular flexibility index (Phi) is 6.78. The number of nitrogens with one attached hydrogen (secondary N) is 1. The molecule has 6 nitrogen and oxygen atoms in total. The van der Waals surface area contributed by atoms with Crippen molar-refractivity contribution in [2.45, 2.75) is 26.2 Å². The quantitative estimate of drug-likeness (QED) is 0.640. The number of benzene rings is 1. The van der Waals surface area contributed by atoms with Crippen molar-refractivity contribution in [2.24, 2.45) is 11.1 Å². The van der Waals surface area contributed by atoms with Gasteiger partial charge in [0, 0.05) is 31.1 Å². The number of hydrogen-bond acceptors (Lipinski definition) is 4. The van der Waals surface area contributed by atoms with Crippen molar-refractivity contribution in [1.29, 1.82) is 0 Å². The number of carbonyl (C=O) groups is 2. The molecule has 0 atom stereocenters. The Balaban J connectivity index is 1.88. The second kappa shape index (κ2) is 9.05. The average molecular weight is 331 g/mol. The molecule has 0 unspecified atom stereocenters. The van der Waals surface area contributed by atoms with Crippen molar-refractivity contribution in [1.82, 2.24) is 10.2 Å². The molecule has 1 aromatic carbocycles. The summed E-state index contributed by atoms with van der Waals surface area (Å²) in [5.74, 6) is 0.150. The van der Waals surface area contributed by atoms with Crippen LogP contribution in [0, 0.1) is 5.92 Å². The van der Waals surface area contributed by atoms with Crippen LogP contribution in [0.3, 0.4) is 0 Å². The van der Waals surface area contributed by atoms with Gasteiger partial charge < -0.3 is 15.1 Å². The highest BCUT2D eigenvalue weighted by atomic mass is 16.6. The lowest BCUT2D eigenvalue weighted by Crippen LogP contribution is -2.43. The van der Waals surface area contributed by atoms with Crippen LogP contribution in [-0.4, -0.2) is 49.7 Å². The van der Waals surface area contributed by atoms with Gasteiger partial charge in [-0.2, -0.15) is 0 Å². The third kappa shape index (κ3) is 4.81. The van der Waals surface area contributed by atoms with Crippen LogP contribution >= 0.6 is 0 Å². The normalized spacial score (nSPS) is 15.5. The van der Waals surface area contributed by atoms with Crippen LogP contribution in [0.2, 0.25) is 0 Å². The highest BCUT2D eigenvalue weighted by molar-refractivity contribution is 5.95. The van der Waals surface area contributed by atoms with Gasteiger partial charge in [0.05, 0.1) is 6.21 Å². The molecule has 24 heavy (non-hydrogen) atoms.